The van der Waals surface area contributed by atoms with Crippen LogP contribution in [0.5, 0.6) is 11.5 Å². The van der Waals surface area contributed by atoms with Crippen LogP contribution in [0.15, 0.2) is 18.2 Å². The third kappa shape index (κ3) is 3.63. The minimum atomic E-state index is -0.672. The topological polar surface area (TPSA) is 67.8 Å². The Morgan fingerprint density at radius 2 is 2.10 bits per heavy atom. The fourth-order valence-electron chi connectivity index (χ4n) is 1.88. The smallest absolute Gasteiger partial charge is 0.260 e. The minimum absolute atomic E-state index is 0.133. The monoisotopic (exact) mass is 279 g/mol. The number of aliphatic hydroxyl groups is 1. The Labute approximate surface area is 118 Å². The standard InChI is InChI=1S/C15H21NO4/c1-9(17)13-7-6-12(19-3)8-14(13)20-10(2)15(18)16-11-4-5-11/h6-11,17H,4-5H2,1-3H3,(H,16,18)/t9-,10?/m0/s1. The number of ether oxygens (including phenoxy) is 2. The van der Waals surface area contributed by atoms with E-state index in [1.165, 1.54) is 0 Å². The van der Waals surface area contributed by atoms with Crippen molar-refractivity contribution in [1.29, 1.82) is 0 Å². The van der Waals surface area contributed by atoms with Gasteiger partial charge < -0.3 is 19.9 Å². The third-order valence-electron chi connectivity index (χ3n) is 3.27. The Hall–Kier alpha value is -1.75. The molecule has 1 aliphatic carbocycles. The molecule has 2 rings (SSSR count). The molecule has 1 aromatic rings. The van der Waals surface area contributed by atoms with Crippen molar-refractivity contribution in [3.63, 3.8) is 0 Å². The zero-order chi connectivity index (χ0) is 14.7. The normalized spacial score (nSPS) is 17.2. The Morgan fingerprint density at radius 1 is 1.40 bits per heavy atom. The molecule has 1 aliphatic rings. The van der Waals surface area contributed by atoms with Crippen LogP contribution >= 0.6 is 0 Å². The summed E-state index contributed by atoms with van der Waals surface area (Å²) in [5.74, 6) is 0.962. The number of methoxy groups -OCH3 is 1. The lowest BCUT2D eigenvalue weighted by Crippen LogP contribution is -2.37. The minimum Gasteiger partial charge on any atom is -0.497 e. The SMILES string of the molecule is COc1ccc([C@H](C)O)c(OC(C)C(=O)NC2CC2)c1. The summed E-state index contributed by atoms with van der Waals surface area (Å²) in [5.41, 5.74) is 0.636. The molecule has 1 saturated carbocycles. The molecule has 110 valence electrons. The Morgan fingerprint density at radius 3 is 2.65 bits per heavy atom. The van der Waals surface area contributed by atoms with Gasteiger partial charge in [-0.3, -0.25) is 4.79 Å². The van der Waals surface area contributed by atoms with E-state index in [9.17, 15) is 9.90 Å². The van der Waals surface area contributed by atoms with E-state index in [1.54, 1.807) is 39.2 Å². The molecule has 1 unspecified atom stereocenters. The van der Waals surface area contributed by atoms with Crippen LogP contribution < -0.4 is 14.8 Å². The van der Waals surface area contributed by atoms with E-state index in [0.717, 1.165) is 12.8 Å². The van der Waals surface area contributed by atoms with Crippen LogP contribution in [0.3, 0.4) is 0 Å². The molecule has 0 spiro atoms. The summed E-state index contributed by atoms with van der Waals surface area (Å²) in [7, 11) is 1.56. The fourth-order valence-corrected chi connectivity index (χ4v) is 1.88. The highest BCUT2D eigenvalue weighted by atomic mass is 16.5. The highest BCUT2D eigenvalue weighted by Gasteiger charge is 2.27. The molecule has 0 radical (unpaired) electrons. The molecule has 20 heavy (non-hydrogen) atoms. The van der Waals surface area contributed by atoms with Crippen molar-refractivity contribution in [1.82, 2.24) is 5.32 Å². The van der Waals surface area contributed by atoms with Crippen molar-refractivity contribution >= 4 is 5.91 Å². The molecule has 0 aliphatic heterocycles. The molecule has 5 heteroatoms. The highest BCUT2D eigenvalue weighted by Crippen LogP contribution is 2.30. The second-order valence-electron chi connectivity index (χ2n) is 5.12. The van der Waals surface area contributed by atoms with E-state index in [2.05, 4.69) is 5.32 Å². The maximum atomic E-state index is 11.9. The summed E-state index contributed by atoms with van der Waals surface area (Å²) in [6.45, 7) is 3.35. The number of benzene rings is 1. The summed E-state index contributed by atoms with van der Waals surface area (Å²) >= 11 is 0. The first kappa shape index (κ1) is 14.7. The van der Waals surface area contributed by atoms with Crippen molar-refractivity contribution in [2.45, 2.75) is 44.9 Å². The molecule has 1 fully saturated rings. The lowest BCUT2D eigenvalue weighted by atomic mass is 10.1. The molecule has 2 atom stereocenters. The van der Waals surface area contributed by atoms with Gasteiger partial charge in [0, 0.05) is 17.7 Å². The van der Waals surface area contributed by atoms with Gasteiger partial charge in [-0.05, 0) is 38.8 Å². The van der Waals surface area contributed by atoms with Crippen LogP contribution in [-0.4, -0.2) is 30.3 Å². The van der Waals surface area contributed by atoms with Gasteiger partial charge in [0.25, 0.3) is 5.91 Å². The number of amides is 1. The Balaban J connectivity index is 2.10. The zero-order valence-electron chi connectivity index (χ0n) is 12.1. The molecule has 1 aromatic carbocycles. The largest absolute Gasteiger partial charge is 0.497 e. The number of rotatable bonds is 6. The number of carbonyl (C=O) groups excluding carboxylic acids is 1. The van der Waals surface area contributed by atoms with Crippen molar-refractivity contribution in [3.05, 3.63) is 23.8 Å². The first-order chi connectivity index (χ1) is 9.51. The predicted octanol–water partition coefficient (Wildman–Crippen LogP) is 1.79. The zero-order valence-corrected chi connectivity index (χ0v) is 12.1. The third-order valence-corrected chi connectivity index (χ3v) is 3.27. The Kier molecular flexibility index (Phi) is 4.49. The Bertz CT molecular complexity index is 483. The number of nitrogens with one attached hydrogen (secondary N) is 1. The van der Waals surface area contributed by atoms with Gasteiger partial charge in [0.05, 0.1) is 13.2 Å². The lowest BCUT2D eigenvalue weighted by molar-refractivity contribution is -0.127. The molecule has 0 heterocycles. The summed E-state index contributed by atoms with van der Waals surface area (Å²) in [6, 6.07) is 5.48. The first-order valence-corrected chi connectivity index (χ1v) is 6.84. The van der Waals surface area contributed by atoms with Gasteiger partial charge in [-0.15, -0.1) is 0 Å². The number of carbonyl (C=O) groups is 1. The highest BCUT2D eigenvalue weighted by molar-refractivity contribution is 5.81. The summed E-state index contributed by atoms with van der Waals surface area (Å²) in [5, 5.41) is 12.6. The molecule has 5 nitrogen and oxygen atoms in total. The van der Waals surface area contributed by atoms with E-state index in [-0.39, 0.29) is 5.91 Å². The average molecular weight is 279 g/mol. The van der Waals surface area contributed by atoms with E-state index >= 15 is 0 Å². The fraction of sp³-hybridized carbons (Fsp3) is 0.533. The van der Waals surface area contributed by atoms with Crippen molar-refractivity contribution < 1.29 is 19.4 Å². The predicted molar refractivity (Wildman–Crippen MR) is 74.9 cm³/mol. The van der Waals surface area contributed by atoms with Crippen LogP contribution in [0.25, 0.3) is 0 Å². The van der Waals surface area contributed by atoms with Crippen LogP contribution in [-0.2, 0) is 4.79 Å². The summed E-state index contributed by atoms with van der Waals surface area (Å²) in [4.78, 5) is 11.9. The summed E-state index contributed by atoms with van der Waals surface area (Å²) in [6.07, 6.45) is 0.794. The van der Waals surface area contributed by atoms with Crippen LogP contribution in [0.4, 0.5) is 0 Å². The number of aliphatic hydroxyl groups excluding tert-OH is 1. The second-order valence-corrected chi connectivity index (χ2v) is 5.12. The maximum absolute atomic E-state index is 11.9. The summed E-state index contributed by atoms with van der Waals surface area (Å²) < 4.78 is 10.8. The van der Waals surface area contributed by atoms with Gasteiger partial charge >= 0.3 is 0 Å². The van der Waals surface area contributed by atoms with Crippen molar-refractivity contribution in [2.24, 2.45) is 0 Å². The molecular formula is C15H21NO4. The van der Waals surface area contributed by atoms with E-state index in [0.29, 0.717) is 23.1 Å². The molecule has 1 amide bonds. The first-order valence-electron chi connectivity index (χ1n) is 6.84. The molecule has 0 aromatic heterocycles. The van der Waals surface area contributed by atoms with Crippen LogP contribution in [0, 0.1) is 0 Å². The van der Waals surface area contributed by atoms with Gasteiger partial charge in [-0.25, -0.2) is 0 Å². The maximum Gasteiger partial charge on any atom is 0.260 e. The van der Waals surface area contributed by atoms with Gasteiger partial charge in [-0.2, -0.15) is 0 Å². The van der Waals surface area contributed by atoms with E-state index in [1.807, 2.05) is 0 Å². The van der Waals surface area contributed by atoms with E-state index < -0.39 is 12.2 Å². The van der Waals surface area contributed by atoms with Gasteiger partial charge in [-0.1, -0.05) is 0 Å². The van der Waals surface area contributed by atoms with Crippen molar-refractivity contribution in [3.8, 4) is 11.5 Å². The number of hydrogen-bond acceptors (Lipinski definition) is 4. The van der Waals surface area contributed by atoms with Crippen LogP contribution in [0.2, 0.25) is 0 Å². The number of hydrogen-bond donors (Lipinski definition) is 2. The van der Waals surface area contributed by atoms with Gasteiger partial charge in [0.15, 0.2) is 6.10 Å². The quantitative estimate of drug-likeness (QED) is 0.833. The average Bonchev–Trinajstić information content (AvgIpc) is 3.22. The van der Waals surface area contributed by atoms with Gasteiger partial charge in [0.2, 0.25) is 0 Å². The van der Waals surface area contributed by atoms with Gasteiger partial charge in [0.1, 0.15) is 11.5 Å². The second kappa shape index (κ2) is 6.13. The van der Waals surface area contributed by atoms with Crippen LogP contribution in [0.1, 0.15) is 38.4 Å². The molecule has 0 bridgehead atoms. The lowest BCUT2D eigenvalue weighted by Gasteiger charge is -2.19. The van der Waals surface area contributed by atoms with E-state index in [4.69, 9.17) is 9.47 Å². The molecule has 2 N–H and O–H groups in total. The van der Waals surface area contributed by atoms with Crippen molar-refractivity contribution in [2.75, 3.05) is 7.11 Å². The molecular weight excluding hydrogens is 258 g/mol. The molecule has 0 saturated heterocycles.